The molecule has 7 nitrogen and oxygen atoms in total. The molecule has 1 atom stereocenters. The van der Waals surface area contributed by atoms with E-state index in [1.54, 1.807) is 53.7 Å². The predicted octanol–water partition coefficient (Wildman–Crippen LogP) is 3.04. The van der Waals surface area contributed by atoms with Crippen molar-refractivity contribution in [1.29, 1.82) is 0 Å². The van der Waals surface area contributed by atoms with Crippen LogP contribution in [0.1, 0.15) is 48.0 Å². The summed E-state index contributed by atoms with van der Waals surface area (Å²) in [6, 6.07) is 0. The van der Waals surface area contributed by atoms with Crippen LogP contribution in [-0.4, -0.2) is 60.2 Å². The molecule has 0 aromatic carbocycles. The van der Waals surface area contributed by atoms with Gasteiger partial charge in [-0.1, -0.05) is 0 Å². The van der Waals surface area contributed by atoms with Gasteiger partial charge in [-0.05, 0) is 53.9 Å². The molecule has 0 aromatic heterocycles. The second kappa shape index (κ2) is 7.49. The zero-order chi connectivity index (χ0) is 17.8. The molecule has 0 spiro atoms. The highest BCUT2D eigenvalue weighted by Crippen LogP contribution is 2.22. The van der Waals surface area contributed by atoms with Crippen LogP contribution in [-0.2, 0) is 14.2 Å². The van der Waals surface area contributed by atoms with Gasteiger partial charge in [-0.3, -0.25) is 0 Å². The maximum atomic E-state index is 12.5. The second-order valence-electron chi connectivity index (χ2n) is 7.80. The Balaban J connectivity index is 2.89. The summed E-state index contributed by atoms with van der Waals surface area (Å²) in [6.45, 7) is 12.3. The van der Waals surface area contributed by atoms with Crippen LogP contribution >= 0.6 is 0 Å². The lowest BCUT2D eigenvalue weighted by molar-refractivity contribution is -0.0554. The summed E-state index contributed by atoms with van der Waals surface area (Å²) in [5, 5.41) is 2.65. The number of imide groups is 1. The molecule has 0 N–H and O–H groups in total. The first-order valence-electron chi connectivity index (χ1n) is 7.93. The van der Waals surface area contributed by atoms with Gasteiger partial charge < -0.3 is 14.2 Å². The summed E-state index contributed by atoms with van der Waals surface area (Å²) in [7, 11) is 1.64. The van der Waals surface area contributed by atoms with E-state index in [1.165, 1.54) is 0 Å². The normalized spacial score (nSPS) is 19.5. The summed E-state index contributed by atoms with van der Waals surface area (Å²) < 4.78 is 15.9. The molecule has 0 radical (unpaired) electrons. The smallest absolute Gasteiger partial charge is 0.435 e. The van der Waals surface area contributed by atoms with Gasteiger partial charge >= 0.3 is 12.2 Å². The highest BCUT2D eigenvalue weighted by molar-refractivity contribution is 5.87. The Kier molecular flexibility index (Phi) is 6.41. The van der Waals surface area contributed by atoms with E-state index in [0.717, 1.165) is 11.4 Å². The van der Waals surface area contributed by atoms with Crippen LogP contribution in [0.5, 0.6) is 0 Å². The van der Waals surface area contributed by atoms with E-state index in [2.05, 4.69) is 0 Å². The summed E-state index contributed by atoms with van der Waals surface area (Å²) >= 11 is 0. The molecule has 2 amide bonds. The first-order chi connectivity index (χ1) is 10.4. The zero-order valence-corrected chi connectivity index (χ0v) is 15.3. The fourth-order valence-corrected chi connectivity index (χ4v) is 2.28. The molecule has 0 aliphatic carbocycles. The molecule has 1 aliphatic rings. The molecule has 1 fully saturated rings. The number of ether oxygens (including phenoxy) is 3. The average Bonchev–Trinajstić information content (AvgIpc) is 2.72. The number of hydrogen-bond acceptors (Lipinski definition) is 6. The van der Waals surface area contributed by atoms with Crippen LogP contribution < -0.4 is 0 Å². The lowest BCUT2D eigenvalue weighted by atomic mass is 10.1. The largest absolute Gasteiger partial charge is 0.442 e. The number of rotatable bonds is 3. The number of hydrazine groups is 1. The summed E-state index contributed by atoms with van der Waals surface area (Å²) in [5.74, 6) is 0.271. The SMILES string of the molecule is COCC1CCN(N(C(=O)OC(C)(C)C)C(=O)OC(C)(C)C)C1. The van der Waals surface area contributed by atoms with E-state index in [-0.39, 0.29) is 5.92 Å². The molecule has 0 saturated carbocycles. The lowest BCUT2D eigenvalue weighted by Gasteiger charge is -2.33. The molecule has 0 aromatic rings. The number of methoxy groups -OCH3 is 1. The number of hydrogen-bond donors (Lipinski definition) is 0. The van der Waals surface area contributed by atoms with Crippen molar-refractivity contribution in [2.75, 3.05) is 26.8 Å². The molecule has 1 heterocycles. The van der Waals surface area contributed by atoms with E-state index >= 15 is 0 Å². The van der Waals surface area contributed by atoms with Crippen LogP contribution in [0.3, 0.4) is 0 Å². The van der Waals surface area contributed by atoms with E-state index < -0.39 is 23.4 Å². The molecular weight excluding hydrogens is 300 g/mol. The number of carbonyl (C=O) groups is 2. The van der Waals surface area contributed by atoms with Gasteiger partial charge in [0.1, 0.15) is 11.2 Å². The van der Waals surface area contributed by atoms with E-state index in [1.807, 2.05) is 0 Å². The van der Waals surface area contributed by atoms with Gasteiger partial charge in [0.05, 0.1) is 6.61 Å². The Morgan fingerprint density at radius 2 is 1.52 bits per heavy atom. The third kappa shape index (κ3) is 6.74. The van der Waals surface area contributed by atoms with Gasteiger partial charge in [0, 0.05) is 20.2 Å². The minimum absolute atomic E-state index is 0.271. The molecule has 1 saturated heterocycles. The molecule has 23 heavy (non-hydrogen) atoms. The second-order valence-corrected chi connectivity index (χ2v) is 7.80. The average molecular weight is 330 g/mol. The number of amides is 2. The molecule has 1 aliphatic heterocycles. The van der Waals surface area contributed by atoms with Gasteiger partial charge in [-0.15, -0.1) is 5.01 Å². The van der Waals surface area contributed by atoms with Crippen molar-refractivity contribution >= 4 is 12.2 Å². The molecule has 1 unspecified atom stereocenters. The molecular formula is C16H30N2O5. The standard InChI is InChI=1S/C16H30N2O5/c1-15(2,3)22-13(19)18(14(20)23-16(4,5)6)17-9-8-12(10-17)11-21-7/h12H,8-11H2,1-7H3. The van der Waals surface area contributed by atoms with Crippen molar-refractivity contribution in [3.63, 3.8) is 0 Å². The minimum Gasteiger partial charge on any atom is -0.442 e. The van der Waals surface area contributed by atoms with Crippen molar-refractivity contribution in [3.05, 3.63) is 0 Å². The fourth-order valence-electron chi connectivity index (χ4n) is 2.28. The first-order valence-corrected chi connectivity index (χ1v) is 7.93. The van der Waals surface area contributed by atoms with Crippen molar-refractivity contribution in [1.82, 2.24) is 10.0 Å². The van der Waals surface area contributed by atoms with E-state index in [9.17, 15) is 9.59 Å². The van der Waals surface area contributed by atoms with Gasteiger partial charge in [0.25, 0.3) is 0 Å². The molecule has 7 heteroatoms. The first kappa shape index (κ1) is 19.7. The Morgan fingerprint density at radius 3 is 1.91 bits per heavy atom. The monoisotopic (exact) mass is 330 g/mol. The van der Waals surface area contributed by atoms with Gasteiger partial charge in [-0.2, -0.15) is 0 Å². The molecule has 1 rings (SSSR count). The maximum absolute atomic E-state index is 12.5. The topological polar surface area (TPSA) is 68.3 Å². The summed E-state index contributed by atoms with van der Waals surface area (Å²) in [4.78, 5) is 24.9. The lowest BCUT2D eigenvalue weighted by Crippen LogP contribution is -2.52. The van der Waals surface area contributed by atoms with Crippen LogP contribution in [0.4, 0.5) is 9.59 Å². The Bertz CT molecular complexity index is 397. The van der Waals surface area contributed by atoms with Crippen LogP contribution in [0.2, 0.25) is 0 Å². The van der Waals surface area contributed by atoms with Gasteiger partial charge in [-0.25, -0.2) is 14.6 Å². The quantitative estimate of drug-likeness (QED) is 0.792. The minimum atomic E-state index is -0.718. The number of carbonyl (C=O) groups excluding carboxylic acids is 2. The zero-order valence-electron chi connectivity index (χ0n) is 15.3. The summed E-state index contributed by atoms with van der Waals surface area (Å²) in [6.07, 6.45) is -0.592. The fraction of sp³-hybridized carbons (Fsp3) is 0.875. The highest BCUT2D eigenvalue weighted by Gasteiger charge is 2.39. The molecule has 0 bridgehead atoms. The van der Waals surface area contributed by atoms with E-state index in [0.29, 0.717) is 19.7 Å². The summed E-state index contributed by atoms with van der Waals surface area (Å²) in [5.41, 5.74) is -1.38. The van der Waals surface area contributed by atoms with E-state index in [4.69, 9.17) is 14.2 Å². The third-order valence-electron chi connectivity index (χ3n) is 3.08. The Hall–Kier alpha value is -1.34. The van der Waals surface area contributed by atoms with Crippen molar-refractivity contribution < 1.29 is 23.8 Å². The van der Waals surface area contributed by atoms with Crippen LogP contribution in [0, 0.1) is 5.92 Å². The highest BCUT2D eigenvalue weighted by atomic mass is 16.6. The Morgan fingerprint density at radius 1 is 1.04 bits per heavy atom. The van der Waals surface area contributed by atoms with Crippen LogP contribution in [0.15, 0.2) is 0 Å². The van der Waals surface area contributed by atoms with Crippen molar-refractivity contribution in [2.24, 2.45) is 5.92 Å². The van der Waals surface area contributed by atoms with Gasteiger partial charge in [0.2, 0.25) is 0 Å². The molecule has 134 valence electrons. The van der Waals surface area contributed by atoms with Crippen molar-refractivity contribution in [3.8, 4) is 0 Å². The van der Waals surface area contributed by atoms with Crippen LogP contribution in [0.25, 0.3) is 0 Å². The third-order valence-corrected chi connectivity index (χ3v) is 3.08. The Labute approximate surface area is 138 Å². The number of nitrogens with zero attached hydrogens (tertiary/aromatic N) is 2. The van der Waals surface area contributed by atoms with Crippen molar-refractivity contribution in [2.45, 2.75) is 59.2 Å². The maximum Gasteiger partial charge on any atom is 0.435 e. The predicted molar refractivity (Wildman–Crippen MR) is 85.9 cm³/mol. The van der Waals surface area contributed by atoms with Gasteiger partial charge in [0.15, 0.2) is 0 Å².